The Morgan fingerprint density at radius 3 is 2.39 bits per heavy atom. The Labute approximate surface area is 131 Å². The van der Waals surface area contributed by atoms with Gasteiger partial charge in [0.2, 0.25) is 0 Å². The summed E-state index contributed by atoms with van der Waals surface area (Å²) in [5.41, 5.74) is 7.03. The molecule has 0 saturated heterocycles. The van der Waals surface area contributed by atoms with Gasteiger partial charge >= 0.3 is 37.9 Å². The van der Waals surface area contributed by atoms with Crippen molar-refractivity contribution in [3.8, 4) is 0 Å². The maximum absolute atomic E-state index is 4.93. The molecule has 0 nitrogen and oxygen atoms in total. The third kappa shape index (κ3) is 3.82. The molecule has 0 aromatic heterocycles. The van der Waals surface area contributed by atoms with Crippen LogP contribution >= 0.6 is 17.0 Å². The number of aryl methyl sites for hydroxylation is 1. The van der Waals surface area contributed by atoms with Gasteiger partial charge in [0.25, 0.3) is 0 Å². The van der Waals surface area contributed by atoms with Crippen molar-refractivity contribution in [1.82, 2.24) is 0 Å². The summed E-state index contributed by atoms with van der Waals surface area (Å²) in [5.74, 6) is 0. The normalized spacial score (nSPS) is 16.8. The Hall–Kier alpha value is 0.640. The molecule has 1 unspecified atom stereocenters. The summed E-state index contributed by atoms with van der Waals surface area (Å²) in [4.78, 5) is 0. The summed E-state index contributed by atoms with van der Waals surface area (Å²) in [6.07, 6.45) is 3.57. The van der Waals surface area contributed by atoms with E-state index in [4.69, 9.17) is 17.0 Å². The second kappa shape index (κ2) is 8.04. The molecule has 4 heteroatoms. The van der Waals surface area contributed by atoms with Gasteiger partial charge in [-0.15, -0.1) is 0 Å². The van der Waals surface area contributed by atoms with Gasteiger partial charge in [-0.3, -0.25) is 0 Å². The Bertz CT molecular complexity index is 430. The van der Waals surface area contributed by atoms with E-state index in [9.17, 15) is 0 Å². The van der Waals surface area contributed by atoms with E-state index in [1.54, 1.807) is 11.1 Å². The summed E-state index contributed by atoms with van der Waals surface area (Å²) in [5, 5.41) is 0. The number of rotatable bonds is 2. The zero-order valence-electron chi connectivity index (χ0n) is 11.4. The molecule has 0 heterocycles. The molecule has 0 radical (unpaired) electrons. The van der Waals surface area contributed by atoms with Crippen LogP contribution in [0.25, 0.3) is 6.08 Å². The molecule has 0 saturated carbocycles. The second-order valence-electron chi connectivity index (χ2n) is 4.96. The number of fused-ring (bicyclic) bond motifs is 1. The van der Waals surface area contributed by atoms with Crippen LogP contribution in [0.2, 0.25) is 13.1 Å². The molecule has 0 aliphatic heterocycles. The van der Waals surface area contributed by atoms with Crippen molar-refractivity contribution in [2.45, 2.75) is 38.9 Å². The van der Waals surface area contributed by atoms with Gasteiger partial charge < -0.3 is 0 Å². The first-order valence-electron chi connectivity index (χ1n) is 6.33. The van der Waals surface area contributed by atoms with Crippen molar-refractivity contribution in [1.29, 1.82) is 0 Å². The van der Waals surface area contributed by atoms with Crippen molar-refractivity contribution in [3.05, 3.63) is 40.5 Å². The molecule has 0 spiro atoms. The summed E-state index contributed by atoms with van der Waals surface area (Å²) in [6.45, 7) is 9.46. The van der Waals surface area contributed by atoms with Crippen LogP contribution in [0.4, 0.5) is 0 Å². The molecular formula is C14H20Cl2SiZr. The van der Waals surface area contributed by atoms with Crippen LogP contribution in [0.3, 0.4) is 0 Å². The molecule has 0 bridgehead atoms. The van der Waals surface area contributed by atoms with Gasteiger partial charge in [0.1, 0.15) is 0 Å². The first-order valence-corrected chi connectivity index (χ1v) is 15.6. The van der Waals surface area contributed by atoms with Gasteiger partial charge in [0.15, 0.2) is 0 Å². The molecular weight excluding hydrogens is 358 g/mol. The molecule has 0 fully saturated rings. The van der Waals surface area contributed by atoms with Gasteiger partial charge in [-0.05, 0) is 35.6 Å². The van der Waals surface area contributed by atoms with Crippen LogP contribution in [0.15, 0.2) is 23.8 Å². The number of hydrogen-bond acceptors (Lipinski definition) is 0. The minimum atomic E-state index is -0.826. The van der Waals surface area contributed by atoms with Gasteiger partial charge in [0, 0.05) is 8.80 Å². The van der Waals surface area contributed by atoms with E-state index in [2.05, 4.69) is 51.2 Å². The number of hydrogen-bond donors (Lipinski definition) is 0. The van der Waals surface area contributed by atoms with Gasteiger partial charge in [-0.2, -0.15) is 0 Å². The maximum atomic E-state index is 4.93. The van der Waals surface area contributed by atoms with Crippen LogP contribution in [0.1, 0.15) is 36.1 Å². The third-order valence-electron chi connectivity index (χ3n) is 3.48. The molecule has 1 aromatic carbocycles. The predicted octanol–water partition coefficient (Wildman–Crippen LogP) is 5.15. The summed E-state index contributed by atoms with van der Waals surface area (Å²) in [7, 11) is 9.25. The molecule has 0 amide bonds. The predicted molar refractivity (Wildman–Crippen MR) is 82.8 cm³/mol. The van der Waals surface area contributed by atoms with E-state index in [1.165, 1.54) is 11.1 Å². The second-order valence-corrected chi connectivity index (χ2v) is 11.8. The fraction of sp³-hybridized carbons (Fsp3) is 0.429. The standard InChI is InChI=1S/C14H20Si.2ClH.Zr/c1-5-11-7-6-8-12-13(11)9-10(2)14(12)15(3)4;;;/h6-9,14-15H,5H2,1-4H3;2*1H;/q;;;+2/p-2. The average Bonchev–Trinajstić information content (AvgIpc) is 2.65. The van der Waals surface area contributed by atoms with Crippen molar-refractivity contribution in [2.75, 3.05) is 0 Å². The number of halogens is 2. The molecule has 18 heavy (non-hydrogen) atoms. The third-order valence-corrected chi connectivity index (χ3v) is 5.69. The van der Waals surface area contributed by atoms with E-state index in [-0.39, 0.29) is 0 Å². The first-order chi connectivity index (χ1) is 8.56. The van der Waals surface area contributed by atoms with Gasteiger partial charge in [-0.1, -0.05) is 49.9 Å². The van der Waals surface area contributed by atoms with E-state index in [0.717, 1.165) is 12.0 Å². The molecule has 1 aromatic rings. The number of allylic oxidation sites excluding steroid dienone is 1. The van der Waals surface area contributed by atoms with Crippen LogP contribution in [-0.4, -0.2) is 8.80 Å². The fourth-order valence-electron chi connectivity index (χ4n) is 2.84. The average molecular weight is 379 g/mol. The zero-order valence-corrected chi connectivity index (χ0v) is 16.6. The summed E-state index contributed by atoms with van der Waals surface area (Å²) in [6, 6.07) is 6.83. The van der Waals surface area contributed by atoms with Crippen LogP contribution < -0.4 is 0 Å². The van der Waals surface area contributed by atoms with E-state index in [1.807, 2.05) is 0 Å². The zero-order chi connectivity index (χ0) is 13.7. The number of benzene rings is 1. The molecule has 2 rings (SSSR count). The van der Waals surface area contributed by atoms with E-state index in [0.29, 0.717) is 0 Å². The van der Waals surface area contributed by atoms with E-state index < -0.39 is 29.6 Å². The van der Waals surface area contributed by atoms with Gasteiger partial charge in [-0.25, -0.2) is 0 Å². The van der Waals surface area contributed by atoms with Crippen LogP contribution in [0, 0.1) is 0 Å². The van der Waals surface area contributed by atoms with Crippen molar-refractivity contribution in [2.24, 2.45) is 0 Å². The Morgan fingerprint density at radius 2 is 1.89 bits per heavy atom. The van der Waals surface area contributed by atoms with Crippen LogP contribution in [-0.2, 0) is 27.3 Å². The molecule has 1 atom stereocenters. The topological polar surface area (TPSA) is 0 Å². The minimum absolute atomic E-state index is 0.618. The van der Waals surface area contributed by atoms with Crippen LogP contribution in [0.5, 0.6) is 0 Å². The van der Waals surface area contributed by atoms with Crippen molar-refractivity contribution < 1.29 is 20.8 Å². The first kappa shape index (κ1) is 16.7. The molecule has 1 aliphatic rings. The summed E-state index contributed by atoms with van der Waals surface area (Å²) < 4.78 is 0. The SMILES string of the molecule is CCc1cccc2c1C=C(C)C2[SiH](C)C.[Cl][Zr][Cl]. The van der Waals surface area contributed by atoms with E-state index >= 15 is 0 Å². The fourth-order valence-corrected chi connectivity index (χ4v) is 4.99. The molecule has 0 N–H and O–H groups in total. The van der Waals surface area contributed by atoms with Crippen molar-refractivity contribution in [3.63, 3.8) is 0 Å². The summed E-state index contributed by atoms with van der Waals surface area (Å²) >= 11 is -0.826. The Morgan fingerprint density at radius 1 is 1.28 bits per heavy atom. The van der Waals surface area contributed by atoms with Crippen molar-refractivity contribution >= 4 is 31.9 Å². The Balaban J connectivity index is 0.000000492. The molecule has 1 aliphatic carbocycles. The Kier molecular flexibility index (Phi) is 7.46. The van der Waals surface area contributed by atoms with Gasteiger partial charge in [0.05, 0.1) is 0 Å². The quantitative estimate of drug-likeness (QED) is 0.624. The molecule has 98 valence electrons. The monoisotopic (exact) mass is 376 g/mol.